The van der Waals surface area contributed by atoms with Crippen molar-refractivity contribution < 1.29 is 9.90 Å². The van der Waals surface area contributed by atoms with Gasteiger partial charge in [-0.2, -0.15) is 0 Å². The highest BCUT2D eigenvalue weighted by Crippen LogP contribution is 2.39. The number of tetrazole rings is 1. The number of rotatable bonds is 3. The average molecular weight is 281 g/mol. The Morgan fingerprint density at radius 1 is 1.35 bits per heavy atom. The van der Waals surface area contributed by atoms with Crippen molar-refractivity contribution in [1.29, 1.82) is 0 Å². The number of aromatic nitrogens is 4. The third-order valence-corrected chi connectivity index (χ3v) is 3.95. The summed E-state index contributed by atoms with van der Waals surface area (Å²) in [5, 5.41) is 23.6. The Morgan fingerprint density at radius 2 is 2.00 bits per heavy atom. The van der Waals surface area contributed by atoms with E-state index in [-0.39, 0.29) is 12.0 Å². The molecule has 0 spiro atoms. The predicted octanol–water partition coefficient (Wildman–Crippen LogP) is 2.60. The first-order valence-corrected chi connectivity index (χ1v) is 7.17. The van der Waals surface area contributed by atoms with Crippen LogP contribution < -0.4 is 0 Å². The minimum Gasteiger partial charge on any atom is -0.465 e. The highest BCUT2D eigenvalue weighted by Gasteiger charge is 2.40. The van der Waals surface area contributed by atoms with Gasteiger partial charge in [0, 0.05) is 5.54 Å². The standard InChI is InChI=1S/C13H23N5O2/c1-13(2,3)18(12(19)20)10(11-14-16-17-15-11)9-7-5-4-6-8-9/h9-10H,4-8H2,1-3H3,(H,19,20)(H,14,15,16,17)/t10-/m0/s1. The second-order valence-corrected chi connectivity index (χ2v) is 6.45. The van der Waals surface area contributed by atoms with Crippen molar-refractivity contribution in [3.63, 3.8) is 0 Å². The van der Waals surface area contributed by atoms with E-state index in [0.717, 1.165) is 25.7 Å². The number of aromatic amines is 1. The normalized spacial score (nSPS) is 18.8. The molecule has 1 aliphatic carbocycles. The second kappa shape index (κ2) is 5.76. The number of hydrogen-bond donors (Lipinski definition) is 2. The van der Waals surface area contributed by atoms with Crippen molar-refractivity contribution >= 4 is 6.09 Å². The fourth-order valence-corrected chi connectivity index (χ4v) is 3.12. The number of nitrogens with zero attached hydrogens (tertiary/aromatic N) is 4. The Labute approximate surface area is 118 Å². The quantitative estimate of drug-likeness (QED) is 0.888. The van der Waals surface area contributed by atoms with Crippen LogP contribution in [-0.2, 0) is 0 Å². The van der Waals surface area contributed by atoms with Gasteiger partial charge < -0.3 is 5.11 Å². The molecule has 0 unspecified atom stereocenters. The predicted molar refractivity (Wildman–Crippen MR) is 73.1 cm³/mol. The molecule has 0 bridgehead atoms. The van der Waals surface area contributed by atoms with Crippen LogP contribution in [0.5, 0.6) is 0 Å². The average Bonchev–Trinajstić information content (AvgIpc) is 2.88. The molecule has 1 saturated carbocycles. The zero-order valence-corrected chi connectivity index (χ0v) is 12.3. The van der Waals surface area contributed by atoms with Crippen LogP contribution in [0.15, 0.2) is 0 Å². The van der Waals surface area contributed by atoms with Gasteiger partial charge in [-0.1, -0.05) is 19.3 Å². The molecule has 2 rings (SSSR count). The van der Waals surface area contributed by atoms with Crippen LogP contribution in [0, 0.1) is 5.92 Å². The lowest BCUT2D eigenvalue weighted by Crippen LogP contribution is -2.50. The molecule has 7 heteroatoms. The highest BCUT2D eigenvalue weighted by atomic mass is 16.4. The van der Waals surface area contributed by atoms with Gasteiger partial charge in [0.2, 0.25) is 0 Å². The van der Waals surface area contributed by atoms with Crippen molar-refractivity contribution in [2.24, 2.45) is 5.92 Å². The zero-order valence-electron chi connectivity index (χ0n) is 12.3. The van der Waals surface area contributed by atoms with Crippen molar-refractivity contribution in [2.45, 2.75) is 64.5 Å². The lowest BCUT2D eigenvalue weighted by Gasteiger charge is -2.42. The van der Waals surface area contributed by atoms with Crippen LogP contribution in [0.2, 0.25) is 0 Å². The van der Waals surface area contributed by atoms with Gasteiger partial charge in [0.05, 0.1) is 6.04 Å². The van der Waals surface area contributed by atoms with E-state index in [4.69, 9.17) is 0 Å². The maximum absolute atomic E-state index is 11.8. The number of carbonyl (C=O) groups is 1. The van der Waals surface area contributed by atoms with Crippen LogP contribution in [0.25, 0.3) is 0 Å². The summed E-state index contributed by atoms with van der Waals surface area (Å²) in [7, 11) is 0. The van der Waals surface area contributed by atoms with Crippen molar-refractivity contribution in [1.82, 2.24) is 25.5 Å². The summed E-state index contributed by atoms with van der Waals surface area (Å²) < 4.78 is 0. The molecule has 0 aliphatic heterocycles. The topological polar surface area (TPSA) is 95.0 Å². The molecule has 2 N–H and O–H groups in total. The molecule has 1 atom stereocenters. The second-order valence-electron chi connectivity index (χ2n) is 6.45. The maximum Gasteiger partial charge on any atom is 0.408 e. The SMILES string of the molecule is CC(C)(C)N(C(=O)O)[C@H](c1nnn[nH]1)C1CCCCC1. The zero-order chi connectivity index (χ0) is 14.8. The number of hydrogen-bond acceptors (Lipinski definition) is 4. The van der Waals surface area contributed by atoms with E-state index in [1.807, 2.05) is 20.8 Å². The van der Waals surface area contributed by atoms with E-state index in [1.54, 1.807) is 0 Å². The van der Waals surface area contributed by atoms with Gasteiger partial charge in [-0.25, -0.2) is 9.89 Å². The Morgan fingerprint density at radius 3 is 2.45 bits per heavy atom. The molecular formula is C13H23N5O2. The van der Waals surface area contributed by atoms with E-state index in [1.165, 1.54) is 11.3 Å². The van der Waals surface area contributed by atoms with E-state index >= 15 is 0 Å². The van der Waals surface area contributed by atoms with E-state index in [0.29, 0.717) is 5.82 Å². The summed E-state index contributed by atoms with van der Waals surface area (Å²) in [4.78, 5) is 13.3. The number of H-pyrrole nitrogens is 1. The summed E-state index contributed by atoms with van der Waals surface area (Å²) in [5.74, 6) is 0.822. The van der Waals surface area contributed by atoms with Gasteiger partial charge in [-0.15, -0.1) is 5.10 Å². The van der Waals surface area contributed by atoms with Crippen LogP contribution in [0.3, 0.4) is 0 Å². The fourth-order valence-electron chi connectivity index (χ4n) is 3.12. The fraction of sp³-hybridized carbons (Fsp3) is 0.846. The molecule has 0 saturated heterocycles. The van der Waals surface area contributed by atoms with Crippen LogP contribution in [0.4, 0.5) is 4.79 Å². The van der Waals surface area contributed by atoms with Gasteiger partial charge in [-0.05, 0) is 50.0 Å². The van der Waals surface area contributed by atoms with Crippen LogP contribution >= 0.6 is 0 Å². The minimum absolute atomic E-state index is 0.272. The van der Waals surface area contributed by atoms with E-state index < -0.39 is 11.6 Å². The highest BCUT2D eigenvalue weighted by molar-refractivity contribution is 5.66. The van der Waals surface area contributed by atoms with Gasteiger partial charge in [0.15, 0.2) is 5.82 Å². The summed E-state index contributed by atoms with van der Waals surface area (Å²) in [6.07, 6.45) is 4.61. The first-order chi connectivity index (χ1) is 9.41. The molecule has 1 aromatic heterocycles. The Bertz CT molecular complexity index is 434. The number of amides is 1. The molecule has 0 aromatic carbocycles. The third kappa shape index (κ3) is 3.08. The molecule has 1 heterocycles. The van der Waals surface area contributed by atoms with Gasteiger partial charge in [0.25, 0.3) is 0 Å². The monoisotopic (exact) mass is 281 g/mol. The molecule has 112 valence electrons. The minimum atomic E-state index is -0.926. The molecule has 1 amide bonds. The first-order valence-electron chi connectivity index (χ1n) is 7.17. The van der Waals surface area contributed by atoms with Crippen molar-refractivity contribution in [3.8, 4) is 0 Å². The molecule has 1 fully saturated rings. The van der Waals surface area contributed by atoms with E-state index in [9.17, 15) is 9.90 Å². The van der Waals surface area contributed by atoms with Crippen molar-refractivity contribution in [3.05, 3.63) is 5.82 Å². The largest absolute Gasteiger partial charge is 0.465 e. The number of carboxylic acid groups (broad SMARTS) is 1. The van der Waals surface area contributed by atoms with Gasteiger partial charge in [-0.3, -0.25) is 4.90 Å². The summed E-state index contributed by atoms with van der Waals surface area (Å²) in [6.45, 7) is 5.71. The molecule has 0 radical (unpaired) electrons. The summed E-state index contributed by atoms with van der Waals surface area (Å²) >= 11 is 0. The molecule has 20 heavy (non-hydrogen) atoms. The van der Waals surface area contributed by atoms with Gasteiger partial charge >= 0.3 is 6.09 Å². The lowest BCUT2D eigenvalue weighted by atomic mass is 9.81. The molecular weight excluding hydrogens is 258 g/mol. The summed E-state index contributed by atoms with van der Waals surface area (Å²) in [6, 6.07) is -0.303. The van der Waals surface area contributed by atoms with E-state index in [2.05, 4.69) is 20.6 Å². The summed E-state index contributed by atoms with van der Waals surface area (Å²) in [5.41, 5.74) is -0.499. The Kier molecular flexibility index (Phi) is 4.25. The van der Waals surface area contributed by atoms with Gasteiger partial charge in [0.1, 0.15) is 0 Å². The Balaban J connectivity index is 2.36. The Hall–Kier alpha value is -1.66. The molecule has 1 aromatic rings. The first kappa shape index (κ1) is 14.7. The maximum atomic E-state index is 11.8. The number of nitrogens with one attached hydrogen (secondary N) is 1. The molecule has 1 aliphatic rings. The molecule has 7 nitrogen and oxygen atoms in total. The van der Waals surface area contributed by atoms with Crippen molar-refractivity contribution in [2.75, 3.05) is 0 Å². The van der Waals surface area contributed by atoms with Crippen LogP contribution in [-0.4, -0.2) is 42.3 Å². The van der Waals surface area contributed by atoms with Crippen LogP contribution in [0.1, 0.15) is 64.7 Å². The lowest BCUT2D eigenvalue weighted by molar-refractivity contribution is 0.0354. The third-order valence-electron chi connectivity index (χ3n) is 3.95. The smallest absolute Gasteiger partial charge is 0.408 e.